The van der Waals surface area contributed by atoms with Crippen LogP contribution in [0.2, 0.25) is 10.3 Å². The molecule has 5 heteroatoms. The monoisotopic (exact) mass is 252 g/mol. The fraction of sp³-hybridized carbons (Fsp3) is 0. The lowest BCUT2D eigenvalue weighted by atomic mass is 10.2. The number of fused-ring (bicyclic) bond motifs is 1. The minimum Gasteiger partial charge on any atom is -0.453 e. The molecule has 0 amide bonds. The molecule has 80 valence electrons. The number of rotatable bonds is 1. The topological polar surface area (TPSA) is 41.8 Å². The van der Waals surface area contributed by atoms with Gasteiger partial charge in [-0.05, 0) is 12.1 Å². The number of H-pyrrole nitrogens is 1. The van der Waals surface area contributed by atoms with E-state index < -0.39 is 0 Å². The Morgan fingerprint density at radius 3 is 2.69 bits per heavy atom. The van der Waals surface area contributed by atoms with Crippen molar-refractivity contribution in [3.8, 4) is 11.6 Å². The van der Waals surface area contributed by atoms with E-state index in [1.807, 2.05) is 30.3 Å². The average Bonchev–Trinajstić information content (AvgIpc) is 2.83. The number of halogens is 2. The van der Waals surface area contributed by atoms with Crippen LogP contribution in [0, 0.1) is 0 Å². The fourth-order valence-corrected chi connectivity index (χ4v) is 1.81. The zero-order valence-electron chi connectivity index (χ0n) is 8.00. The number of aromatic nitrogens is 2. The summed E-state index contributed by atoms with van der Waals surface area (Å²) in [6, 6.07) is 9.61. The maximum absolute atomic E-state index is 5.79. The number of nitrogens with one attached hydrogen (secondary N) is 1. The van der Waals surface area contributed by atoms with Crippen LogP contribution in [-0.2, 0) is 0 Å². The molecule has 3 aromatic rings. The van der Waals surface area contributed by atoms with Crippen molar-refractivity contribution in [1.29, 1.82) is 0 Å². The summed E-state index contributed by atoms with van der Waals surface area (Å²) < 4.78 is 5.61. The third-order valence-electron chi connectivity index (χ3n) is 2.28. The number of aromatic amines is 1. The molecule has 0 fully saturated rings. The zero-order chi connectivity index (χ0) is 11.1. The molecule has 3 rings (SSSR count). The highest BCUT2D eigenvalue weighted by Crippen LogP contribution is 2.29. The molecule has 1 N–H and O–H groups in total. The van der Waals surface area contributed by atoms with Crippen molar-refractivity contribution in [2.24, 2.45) is 0 Å². The summed E-state index contributed by atoms with van der Waals surface area (Å²) in [5.74, 6) is 1.15. The largest absolute Gasteiger partial charge is 0.453 e. The molecule has 0 aliphatic heterocycles. The van der Waals surface area contributed by atoms with E-state index >= 15 is 0 Å². The highest BCUT2D eigenvalue weighted by molar-refractivity contribution is 6.40. The Balaban J connectivity index is 2.18. The Labute approximate surface area is 101 Å². The Bertz CT molecular complexity index is 604. The smallest absolute Gasteiger partial charge is 0.176 e. The summed E-state index contributed by atoms with van der Waals surface area (Å²) in [5.41, 5.74) is 0.807. The van der Waals surface area contributed by atoms with E-state index in [2.05, 4.69) is 9.97 Å². The molecule has 0 aliphatic carbocycles. The van der Waals surface area contributed by atoms with Gasteiger partial charge >= 0.3 is 0 Å². The number of benzene rings is 1. The van der Waals surface area contributed by atoms with Gasteiger partial charge < -0.3 is 9.40 Å². The predicted octanol–water partition coefficient (Wildman–Crippen LogP) is 4.13. The van der Waals surface area contributed by atoms with E-state index in [-0.39, 0.29) is 5.15 Å². The molecule has 0 saturated carbocycles. The first kappa shape index (κ1) is 9.75. The van der Waals surface area contributed by atoms with Gasteiger partial charge in [-0.1, -0.05) is 41.4 Å². The van der Waals surface area contributed by atoms with Crippen molar-refractivity contribution in [2.45, 2.75) is 0 Å². The lowest BCUT2D eigenvalue weighted by Crippen LogP contribution is -1.74. The Morgan fingerprint density at radius 2 is 2.00 bits per heavy atom. The van der Waals surface area contributed by atoms with Gasteiger partial charge in [0.05, 0.1) is 0 Å². The van der Waals surface area contributed by atoms with Gasteiger partial charge in [0.2, 0.25) is 0 Å². The molecule has 2 heterocycles. The van der Waals surface area contributed by atoms with E-state index in [1.54, 1.807) is 0 Å². The van der Waals surface area contributed by atoms with Gasteiger partial charge in [-0.15, -0.1) is 0 Å². The fourth-order valence-electron chi connectivity index (χ4n) is 1.55. The lowest BCUT2D eigenvalue weighted by Gasteiger charge is -1.87. The van der Waals surface area contributed by atoms with E-state index in [4.69, 9.17) is 27.6 Å². The first-order valence-electron chi connectivity index (χ1n) is 4.64. The lowest BCUT2D eigenvalue weighted by molar-refractivity contribution is 0.626. The Kier molecular flexibility index (Phi) is 2.16. The molecule has 0 bridgehead atoms. The van der Waals surface area contributed by atoms with Crippen LogP contribution in [0.5, 0.6) is 0 Å². The second-order valence-electron chi connectivity index (χ2n) is 3.34. The molecule has 0 unspecified atom stereocenters. The van der Waals surface area contributed by atoms with Gasteiger partial charge in [-0.25, -0.2) is 4.98 Å². The number of nitrogens with zero attached hydrogens (tertiary/aromatic N) is 1. The Morgan fingerprint density at radius 1 is 1.19 bits per heavy atom. The molecule has 0 atom stereocenters. The van der Waals surface area contributed by atoms with Crippen molar-refractivity contribution >= 4 is 34.2 Å². The summed E-state index contributed by atoms with van der Waals surface area (Å²) in [5, 5.41) is 1.58. The first-order valence-corrected chi connectivity index (χ1v) is 5.39. The van der Waals surface area contributed by atoms with Crippen LogP contribution in [0.25, 0.3) is 22.6 Å². The molecule has 1 aromatic carbocycles. The van der Waals surface area contributed by atoms with Crippen LogP contribution in [-0.4, -0.2) is 9.97 Å². The summed E-state index contributed by atoms with van der Waals surface area (Å²) in [6.07, 6.45) is 0. The maximum atomic E-state index is 5.79. The molecule has 16 heavy (non-hydrogen) atoms. The molecule has 0 spiro atoms. The standard InChI is InChI=1S/C11H6Cl2N2O/c12-9-10(13)15-11(14-9)8-5-6-3-1-2-4-7(6)16-8/h1-5H,(H,14,15). The van der Waals surface area contributed by atoms with E-state index in [0.717, 1.165) is 11.0 Å². The van der Waals surface area contributed by atoms with Gasteiger partial charge in [0.25, 0.3) is 0 Å². The molecular weight excluding hydrogens is 247 g/mol. The molecule has 0 aliphatic rings. The van der Waals surface area contributed by atoms with Crippen LogP contribution in [0.15, 0.2) is 34.7 Å². The van der Waals surface area contributed by atoms with E-state index in [1.165, 1.54) is 0 Å². The van der Waals surface area contributed by atoms with Crippen LogP contribution in [0.4, 0.5) is 0 Å². The van der Waals surface area contributed by atoms with E-state index in [9.17, 15) is 0 Å². The Hall–Kier alpha value is -1.45. The summed E-state index contributed by atoms with van der Waals surface area (Å²) in [6.45, 7) is 0. The van der Waals surface area contributed by atoms with Crippen LogP contribution in [0.1, 0.15) is 0 Å². The molecule has 3 nitrogen and oxygen atoms in total. The van der Waals surface area contributed by atoms with Crippen molar-refractivity contribution in [3.63, 3.8) is 0 Å². The van der Waals surface area contributed by atoms with Gasteiger partial charge in [0.1, 0.15) is 10.7 Å². The van der Waals surface area contributed by atoms with Crippen LogP contribution >= 0.6 is 23.2 Å². The first-order chi connectivity index (χ1) is 7.74. The van der Waals surface area contributed by atoms with E-state index in [0.29, 0.717) is 16.7 Å². The normalized spacial score (nSPS) is 11.1. The second kappa shape index (κ2) is 3.54. The molecule has 2 aromatic heterocycles. The van der Waals surface area contributed by atoms with Gasteiger partial charge in [0.15, 0.2) is 16.7 Å². The van der Waals surface area contributed by atoms with Crippen molar-refractivity contribution < 1.29 is 4.42 Å². The minimum absolute atomic E-state index is 0.247. The number of hydrogen-bond donors (Lipinski definition) is 1. The summed E-state index contributed by atoms with van der Waals surface area (Å²) >= 11 is 11.5. The zero-order valence-corrected chi connectivity index (χ0v) is 9.51. The number of imidazole rings is 1. The SMILES string of the molecule is Clc1nc(-c2cc3ccccc3o2)[nH]c1Cl. The minimum atomic E-state index is 0.247. The predicted molar refractivity (Wildman–Crippen MR) is 63.8 cm³/mol. The highest BCUT2D eigenvalue weighted by Gasteiger charge is 2.12. The van der Waals surface area contributed by atoms with Crippen molar-refractivity contribution in [3.05, 3.63) is 40.6 Å². The summed E-state index contributed by atoms with van der Waals surface area (Å²) in [4.78, 5) is 6.91. The number of para-hydroxylation sites is 1. The van der Waals surface area contributed by atoms with Crippen molar-refractivity contribution in [1.82, 2.24) is 9.97 Å². The number of furan rings is 1. The maximum Gasteiger partial charge on any atom is 0.176 e. The molecule has 0 radical (unpaired) electrons. The summed E-state index contributed by atoms with van der Waals surface area (Å²) in [7, 11) is 0. The van der Waals surface area contributed by atoms with Crippen LogP contribution in [0.3, 0.4) is 0 Å². The quantitative estimate of drug-likeness (QED) is 0.708. The third kappa shape index (κ3) is 1.49. The van der Waals surface area contributed by atoms with Crippen molar-refractivity contribution in [2.75, 3.05) is 0 Å². The third-order valence-corrected chi connectivity index (χ3v) is 2.92. The van der Waals surface area contributed by atoms with Gasteiger partial charge in [-0.3, -0.25) is 0 Å². The second-order valence-corrected chi connectivity index (χ2v) is 4.07. The number of hydrogen-bond acceptors (Lipinski definition) is 2. The van der Waals surface area contributed by atoms with Gasteiger partial charge in [0, 0.05) is 5.39 Å². The van der Waals surface area contributed by atoms with Crippen LogP contribution < -0.4 is 0 Å². The average molecular weight is 253 g/mol. The van der Waals surface area contributed by atoms with Gasteiger partial charge in [-0.2, -0.15) is 0 Å². The molecular formula is C11H6Cl2N2O. The highest BCUT2D eigenvalue weighted by atomic mass is 35.5. The molecule has 0 saturated heterocycles.